The maximum Gasteiger partial charge on any atom is 0.238 e. The van der Waals surface area contributed by atoms with Crippen LogP contribution in [0.15, 0.2) is 18.2 Å². The molecule has 1 aromatic carbocycles. The first-order valence-corrected chi connectivity index (χ1v) is 6.61. The van der Waals surface area contributed by atoms with E-state index in [-0.39, 0.29) is 12.5 Å². The Morgan fingerprint density at radius 2 is 2.16 bits per heavy atom. The number of nitrogens with zero attached hydrogens (tertiary/aromatic N) is 1. The standard InChI is InChI=1S/C14H18F2N2O/c1-2-3-4-7-18-13(19)9-17-14(18)11-6-5-10(15)8-12(11)16/h5-6,8,14,17H,2-4,7,9H2,1H3. The Balaban J connectivity index is 2.15. The van der Waals surface area contributed by atoms with E-state index in [1.54, 1.807) is 4.90 Å². The minimum absolute atomic E-state index is 0.0372. The van der Waals surface area contributed by atoms with Crippen molar-refractivity contribution in [3.05, 3.63) is 35.4 Å². The fraction of sp³-hybridized carbons (Fsp3) is 0.500. The smallest absolute Gasteiger partial charge is 0.238 e. The van der Waals surface area contributed by atoms with E-state index < -0.39 is 17.8 Å². The summed E-state index contributed by atoms with van der Waals surface area (Å²) >= 11 is 0. The van der Waals surface area contributed by atoms with Crippen LogP contribution in [0.5, 0.6) is 0 Å². The lowest BCUT2D eigenvalue weighted by Gasteiger charge is -2.25. The molecule has 19 heavy (non-hydrogen) atoms. The van der Waals surface area contributed by atoms with E-state index >= 15 is 0 Å². The highest BCUT2D eigenvalue weighted by Crippen LogP contribution is 2.25. The Morgan fingerprint density at radius 3 is 2.84 bits per heavy atom. The summed E-state index contributed by atoms with van der Waals surface area (Å²) in [6.45, 7) is 2.88. The quantitative estimate of drug-likeness (QED) is 0.832. The van der Waals surface area contributed by atoms with Crippen LogP contribution in [0.4, 0.5) is 8.78 Å². The van der Waals surface area contributed by atoms with Crippen molar-refractivity contribution in [1.82, 2.24) is 10.2 Å². The topological polar surface area (TPSA) is 32.3 Å². The van der Waals surface area contributed by atoms with Crippen LogP contribution >= 0.6 is 0 Å². The molecule has 2 rings (SSSR count). The van der Waals surface area contributed by atoms with E-state index in [9.17, 15) is 13.6 Å². The highest BCUT2D eigenvalue weighted by atomic mass is 19.1. The van der Waals surface area contributed by atoms with E-state index in [1.165, 1.54) is 12.1 Å². The molecule has 1 N–H and O–H groups in total. The molecule has 3 nitrogen and oxygen atoms in total. The predicted molar refractivity (Wildman–Crippen MR) is 68.3 cm³/mol. The average Bonchev–Trinajstić information content (AvgIpc) is 2.72. The van der Waals surface area contributed by atoms with Crippen LogP contribution < -0.4 is 5.32 Å². The minimum atomic E-state index is -0.618. The summed E-state index contributed by atoms with van der Waals surface area (Å²) in [5, 5.41) is 2.97. The number of unbranched alkanes of at least 4 members (excludes halogenated alkanes) is 2. The van der Waals surface area contributed by atoms with Crippen molar-refractivity contribution >= 4 is 5.91 Å². The zero-order valence-corrected chi connectivity index (χ0v) is 11.0. The Morgan fingerprint density at radius 1 is 1.37 bits per heavy atom. The van der Waals surface area contributed by atoms with Gasteiger partial charge in [-0.05, 0) is 18.6 Å². The summed E-state index contributed by atoms with van der Waals surface area (Å²) in [5.41, 5.74) is 0.323. The van der Waals surface area contributed by atoms with Gasteiger partial charge in [0, 0.05) is 18.2 Å². The predicted octanol–water partition coefficient (Wildman–Crippen LogP) is 2.59. The lowest BCUT2D eigenvalue weighted by molar-refractivity contribution is -0.128. The molecule has 5 heteroatoms. The highest BCUT2D eigenvalue weighted by Gasteiger charge is 2.32. The molecule has 104 valence electrons. The number of benzene rings is 1. The molecule has 0 radical (unpaired) electrons. The third kappa shape index (κ3) is 3.10. The van der Waals surface area contributed by atoms with Gasteiger partial charge in [-0.15, -0.1) is 0 Å². The molecule has 1 aromatic rings. The monoisotopic (exact) mass is 268 g/mol. The average molecular weight is 268 g/mol. The molecule has 1 saturated heterocycles. The molecule has 0 aliphatic carbocycles. The van der Waals surface area contributed by atoms with Crippen LogP contribution in [0, 0.1) is 11.6 Å². The van der Waals surface area contributed by atoms with Gasteiger partial charge in [0.25, 0.3) is 0 Å². The SMILES string of the molecule is CCCCCN1C(=O)CNC1c1ccc(F)cc1F. The molecule has 1 aliphatic heterocycles. The van der Waals surface area contributed by atoms with E-state index in [0.29, 0.717) is 12.1 Å². The maximum atomic E-state index is 13.8. The third-order valence-electron chi connectivity index (χ3n) is 3.34. The lowest BCUT2D eigenvalue weighted by atomic mass is 10.1. The summed E-state index contributed by atoms with van der Waals surface area (Å²) in [7, 11) is 0. The van der Waals surface area contributed by atoms with E-state index in [0.717, 1.165) is 25.3 Å². The van der Waals surface area contributed by atoms with Gasteiger partial charge < -0.3 is 4.90 Å². The summed E-state index contributed by atoms with van der Waals surface area (Å²) < 4.78 is 26.7. The number of amides is 1. The zero-order chi connectivity index (χ0) is 13.8. The van der Waals surface area contributed by atoms with Gasteiger partial charge in [0.1, 0.15) is 17.8 Å². The van der Waals surface area contributed by atoms with Gasteiger partial charge in [-0.25, -0.2) is 8.78 Å². The maximum absolute atomic E-state index is 13.8. The molecular formula is C14H18F2N2O. The molecule has 1 atom stereocenters. The lowest BCUT2D eigenvalue weighted by Crippen LogP contribution is -2.31. The molecule has 1 heterocycles. The van der Waals surface area contributed by atoms with Crippen LogP contribution in [0.25, 0.3) is 0 Å². The van der Waals surface area contributed by atoms with Crippen molar-refractivity contribution in [3.63, 3.8) is 0 Å². The second kappa shape index (κ2) is 6.10. The minimum Gasteiger partial charge on any atom is -0.322 e. The van der Waals surface area contributed by atoms with Crippen molar-refractivity contribution in [3.8, 4) is 0 Å². The first-order chi connectivity index (χ1) is 9.13. The van der Waals surface area contributed by atoms with Crippen molar-refractivity contribution in [2.75, 3.05) is 13.1 Å². The number of hydrogen-bond donors (Lipinski definition) is 1. The van der Waals surface area contributed by atoms with Crippen LogP contribution in [-0.2, 0) is 4.79 Å². The molecule has 1 fully saturated rings. The molecule has 0 aromatic heterocycles. The number of nitrogens with one attached hydrogen (secondary N) is 1. The normalized spacial score (nSPS) is 19.2. The fourth-order valence-corrected chi connectivity index (χ4v) is 2.33. The van der Waals surface area contributed by atoms with Crippen LogP contribution in [-0.4, -0.2) is 23.9 Å². The second-order valence-electron chi connectivity index (χ2n) is 4.74. The number of halogens is 2. The van der Waals surface area contributed by atoms with E-state index in [1.807, 2.05) is 0 Å². The number of hydrogen-bond acceptors (Lipinski definition) is 2. The van der Waals surface area contributed by atoms with Gasteiger partial charge in [0.2, 0.25) is 5.91 Å². The molecule has 0 spiro atoms. The van der Waals surface area contributed by atoms with Gasteiger partial charge in [-0.1, -0.05) is 19.8 Å². The van der Waals surface area contributed by atoms with Crippen LogP contribution in [0.1, 0.15) is 37.9 Å². The molecule has 1 aliphatic rings. The Bertz CT molecular complexity index is 465. The van der Waals surface area contributed by atoms with Crippen molar-refractivity contribution in [1.29, 1.82) is 0 Å². The van der Waals surface area contributed by atoms with Crippen LogP contribution in [0.3, 0.4) is 0 Å². The van der Waals surface area contributed by atoms with Gasteiger partial charge in [0.15, 0.2) is 0 Å². The fourth-order valence-electron chi connectivity index (χ4n) is 2.33. The summed E-state index contributed by atoms with van der Waals surface area (Å²) in [5.74, 6) is -1.26. The zero-order valence-electron chi connectivity index (χ0n) is 11.0. The molecule has 0 saturated carbocycles. The molecule has 1 unspecified atom stereocenters. The Kier molecular flexibility index (Phi) is 4.47. The third-order valence-corrected chi connectivity index (χ3v) is 3.34. The summed E-state index contributed by atoms with van der Waals surface area (Å²) in [6, 6.07) is 3.46. The Hall–Kier alpha value is -1.49. The number of rotatable bonds is 5. The van der Waals surface area contributed by atoms with Gasteiger partial charge >= 0.3 is 0 Å². The second-order valence-corrected chi connectivity index (χ2v) is 4.74. The first-order valence-electron chi connectivity index (χ1n) is 6.61. The van der Waals surface area contributed by atoms with Gasteiger partial charge in [-0.2, -0.15) is 0 Å². The molecular weight excluding hydrogens is 250 g/mol. The van der Waals surface area contributed by atoms with E-state index in [2.05, 4.69) is 12.2 Å². The number of carbonyl (C=O) groups excluding carboxylic acids is 1. The summed E-state index contributed by atoms with van der Waals surface area (Å²) in [6.07, 6.45) is 2.50. The van der Waals surface area contributed by atoms with Crippen molar-refractivity contribution in [2.24, 2.45) is 0 Å². The van der Waals surface area contributed by atoms with Gasteiger partial charge in [-0.3, -0.25) is 10.1 Å². The van der Waals surface area contributed by atoms with Crippen molar-refractivity contribution < 1.29 is 13.6 Å². The highest BCUT2D eigenvalue weighted by molar-refractivity contribution is 5.80. The molecule has 1 amide bonds. The van der Waals surface area contributed by atoms with Crippen LogP contribution in [0.2, 0.25) is 0 Å². The first kappa shape index (κ1) is 13.9. The summed E-state index contributed by atoms with van der Waals surface area (Å²) in [4.78, 5) is 13.4. The number of carbonyl (C=O) groups is 1. The largest absolute Gasteiger partial charge is 0.322 e. The van der Waals surface area contributed by atoms with E-state index in [4.69, 9.17) is 0 Å². The Labute approximate surface area is 111 Å². The molecule has 0 bridgehead atoms. The van der Waals surface area contributed by atoms with Crippen molar-refractivity contribution in [2.45, 2.75) is 32.4 Å². The van der Waals surface area contributed by atoms with Gasteiger partial charge in [0.05, 0.1) is 6.54 Å².